The zero-order valence-corrected chi connectivity index (χ0v) is 10.3. The Morgan fingerprint density at radius 2 is 2.06 bits per heavy atom. The normalized spacial score (nSPS) is 36.9. The van der Waals surface area contributed by atoms with Crippen molar-refractivity contribution < 1.29 is 4.79 Å². The molecule has 3 rings (SSSR count). The van der Waals surface area contributed by atoms with Crippen molar-refractivity contribution in [3.8, 4) is 0 Å². The fourth-order valence-electron chi connectivity index (χ4n) is 3.71. The first-order chi connectivity index (χ1) is 8.23. The zero-order valence-electron chi connectivity index (χ0n) is 10.3. The molecule has 1 aliphatic carbocycles. The van der Waals surface area contributed by atoms with Gasteiger partial charge >= 0.3 is 0 Å². The van der Waals surface area contributed by atoms with Crippen molar-refractivity contribution >= 4 is 5.78 Å². The van der Waals surface area contributed by atoms with Crippen LogP contribution in [-0.4, -0.2) is 17.9 Å². The Hall–Kier alpha value is -1.15. The molecule has 1 N–H and O–H groups in total. The first kappa shape index (κ1) is 11.0. The molecule has 1 aliphatic heterocycles. The number of hydrogen-bond acceptors (Lipinski definition) is 2. The summed E-state index contributed by atoms with van der Waals surface area (Å²) in [5.41, 5.74) is 0.977. The predicted molar refractivity (Wildman–Crippen MR) is 68.0 cm³/mol. The van der Waals surface area contributed by atoms with Crippen LogP contribution in [0.1, 0.15) is 38.2 Å². The van der Waals surface area contributed by atoms with Gasteiger partial charge in [-0.3, -0.25) is 4.79 Å². The van der Waals surface area contributed by atoms with Crippen molar-refractivity contribution in [2.24, 2.45) is 0 Å². The standard InChI is InChI=1S/C15H19NO/c1-11-10-15(12-6-3-2-4-7-12)13(16-11)8-5-9-14(15)17/h2-4,6-7,11,13,16H,5,8-10H2,1H3/t11?,13-,15+/m1/s1. The molecule has 0 amide bonds. The van der Waals surface area contributed by atoms with E-state index in [1.807, 2.05) is 18.2 Å². The quantitative estimate of drug-likeness (QED) is 0.801. The zero-order chi connectivity index (χ0) is 11.9. The molecule has 0 aromatic heterocycles. The van der Waals surface area contributed by atoms with Gasteiger partial charge in [0.2, 0.25) is 0 Å². The summed E-state index contributed by atoms with van der Waals surface area (Å²) in [5, 5.41) is 3.60. The molecular formula is C15H19NO. The van der Waals surface area contributed by atoms with Crippen LogP contribution in [-0.2, 0) is 10.2 Å². The Morgan fingerprint density at radius 1 is 1.29 bits per heavy atom. The maximum atomic E-state index is 12.5. The number of fused-ring (bicyclic) bond motifs is 1. The van der Waals surface area contributed by atoms with E-state index in [4.69, 9.17) is 0 Å². The smallest absolute Gasteiger partial charge is 0.145 e. The number of benzene rings is 1. The monoisotopic (exact) mass is 229 g/mol. The highest BCUT2D eigenvalue weighted by molar-refractivity contribution is 5.92. The fourth-order valence-corrected chi connectivity index (χ4v) is 3.71. The first-order valence-corrected chi connectivity index (χ1v) is 6.58. The average molecular weight is 229 g/mol. The second kappa shape index (κ2) is 3.95. The molecule has 1 aromatic carbocycles. The number of carbonyl (C=O) groups is 1. The van der Waals surface area contributed by atoms with Crippen molar-refractivity contribution in [1.82, 2.24) is 5.32 Å². The summed E-state index contributed by atoms with van der Waals surface area (Å²) in [5.74, 6) is 0.441. The van der Waals surface area contributed by atoms with Gasteiger partial charge in [0.25, 0.3) is 0 Å². The molecule has 3 atom stereocenters. The first-order valence-electron chi connectivity index (χ1n) is 6.58. The van der Waals surface area contributed by atoms with Crippen LogP contribution in [0.3, 0.4) is 0 Å². The molecule has 1 unspecified atom stereocenters. The van der Waals surface area contributed by atoms with Crippen LogP contribution < -0.4 is 5.32 Å². The van der Waals surface area contributed by atoms with Gasteiger partial charge in [-0.15, -0.1) is 0 Å². The van der Waals surface area contributed by atoms with E-state index in [1.165, 1.54) is 5.56 Å². The van der Waals surface area contributed by atoms with Gasteiger partial charge in [-0.2, -0.15) is 0 Å². The summed E-state index contributed by atoms with van der Waals surface area (Å²) in [6.45, 7) is 2.19. The lowest BCUT2D eigenvalue weighted by Crippen LogP contribution is -2.49. The van der Waals surface area contributed by atoms with Crippen molar-refractivity contribution in [2.75, 3.05) is 0 Å². The highest BCUT2D eigenvalue weighted by atomic mass is 16.1. The molecule has 1 heterocycles. The van der Waals surface area contributed by atoms with E-state index in [2.05, 4.69) is 24.4 Å². The average Bonchev–Trinajstić information content (AvgIpc) is 2.69. The van der Waals surface area contributed by atoms with Gasteiger partial charge in [-0.1, -0.05) is 30.3 Å². The van der Waals surface area contributed by atoms with E-state index < -0.39 is 0 Å². The minimum absolute atomic E-state index is 0.237. The minimum atomic E-state index is -0.237. The van der Waals surface area contributed by atoms with E-state index in [0.29, 0.717) is 17.9 Å². The van der Waals surface area contributed by atoms with Crippen molar-refractivity contribution in [1.29, 1.82) is 0 Å². The van der Waals surface area contributed by atoms with E-state index >= 15 is 0 Å². The second-order valence-corrected chi connectivity index (χ2v) is 5.48. The largest absolute Gasteiger partial charge is 0.310 e. The van der Waals surface area contributed by atoms with Crippen LogP contribution in [0.4, 0.5) is 0 Å². The summed E-state index contributed by atoms with van der Waals surface area (Å²) in [6, 6.07) is 11.2. The molecule has 0 spiro atoms. The highest BCUT2D eigenvalue weighted by Crippen LogP contribution is 2.44. The molecule has 1 saturated heterocycles. The van der Waals surface area contributed by atoms with Gasteiger partial charge < -0.3 is 5.32 Å². The van der Waals surface area contributed by atoms with Gasteiger partial charge in [0.15, 0.2) is 0 Å². The minimum Gasteiger partial charge on any atom is -0.310 e. The van der Waals surface area contributed by atoms with Crippen molar-refractivity contribution in [3.63, 3.8) is 0 Å². The highest BCUT2D eigenvalue weighted by Gasteiger charge is 2.53. The van der Waals surface area contributed by atoms with E-state index in [0.717, 1.165) is 25.7 Å². The summed E-state index contributed by atoms with van der Waals surface area (Å²) in [7, 11) is 0. The summed E-state index contributed by atoms with van der Waals surface area (Å²) in [4.78, 5) is 12.5. The van der Waals surface area contributed by atoms with Crippen LogP contribution in [0.15, 0.2) is 30.3 Å². The molecule has 0 bridgehead atoms. The molecule has 2 aliphatic rings. The third-order valence-electron chi connectivity index (χ3n) is 4.39. The molecule has 17 heavy (non-hydrogen) atoms. The predicted octanol–water partition coefficient (Wildman–Crippen LogP) is 2.43. The number of carbonyl (C=O) groups excluding carboxylic acids is 1. The maximum absolute atomic E-state index is 12.5. The van der Waals surface area contributed by atoms with Gasteiger partial charge in [0, 0.05) is 18.5 Å². The van der Waals surface area contributed by atoms with Gasteiger partial charge in [-0.25, -0.2) is 0 Å². The molecule has 2 fully saturated rings. The maximum Gasteiger partial charge on any atom is 0.145 e. The van der Waals surface area contributed by atoms with Crippen LogP contribution in [0.25, 0.3) is 0 Å². The summed E-state index contributed by atoms with van der Waals surface area (Å²) < 4.78 is 0. The third-order valence-corrected chi connectivity index (χ3v) is 4.39. The van der Waals surface area contributed by atoms with E-state index in [1.54, 1.807) is 0 Å². The van der Waals surface area contributed by atoms with Gasteiger partial charge in [-0.05, 0) is 31.7 Å². The van der Waals surface area contributed by atoms with Gasteiger partial charge in [0.1, 0.15) is 5.78 Å². The molecule has 0 radical (unpaired) electrons. The van der Waals surface area contributed by atoms with Crippen molar-refractivity contribution in [3.05, 3.63) is 35.9 Å². The Morgan fingerprint density at radius 3 is 2.82 bits per heavy atom. The number of rotatable bonds is 1. The molecule has 1 saturated carbocycles. The topological polar surface area (TPSA) is 29.1 Å². The van der Waals surface area contributed by atoms with Crippen LogP contribution in [0, 0.1) is 0 Å². The lowest BCUT2D eigenvalue weighted by molar-refractivity contribution is -0.126. The van der Waals surface area contributed by atoms with E-state index in [9.17, 15) is 4.79 Å². The molecule has 1 aromatic rings. The summed E-state index contributed by atoms with van der Waals surface area (Å²) >= 11 is 0. The van der Waals surface area contributed by atoms with Gasteiger partial charge in [0.05, 0.1) is 5.41 Å². The number of hydrogen-bond donors (Lipinski definition) is 1. The van der Waals surface area contributed by atoms with Crippen LogP contribution in [0.5, 0.6) is 0 Å². The Balaban J connectivity index is 2.09. The van der Waals surface area contributed by atoms with Crippen LogP contribution >= 0.6 is 0 Å². The molecule has 2 heteroatoms. The second-order valence-electron chi connectivity index (χ2n) is 5.48. The lowest BCUT2D eigenvalue weighted by atomic mass is 9.65. The molecule has 2 nitrogen and oxygen atoms in total. The van der Waals surface area contributed by atoms with E-state index in [-0.39, 0.29) is 5.41 Å². The SMILES string of the molecule is CC1C[C@@]2(c3ccccc3)C(=O)CCC[C@H]2N1. The lowest BCUT2D eigenvalue weighted by Gasteiger charge is -2.37. The summed E-state index contributed by atoms with van der Waals surface area (Å²) in [6.07, 6.45) is 3.88. The van der Waals surface area contributed by atoms with Crippen LogP contribution in [0.2, 0.25) is 0 Å². The van der Waals surface area contributed by atoms with Crippen molar-refractivity contribution in [2.45, 2.75) is 50.1 Å². The third kappa shape index (κ3) is 1.54. The fraction of sp³-hybridized carbons (Fsp3) is 0.533. The molecular weight excluding hydrogens is 210 g/mol. The number of Topliss-reactive ketones (excluding diaryl/α,β-unsaturated/α-hetero) is 1. The Labute approximate surface area is 102 Å². The molecule has 90 valence electrons. The Kier molecular flexibility index (Phi) is 2.55. The Bertz CT molecular complexity index is 428. The number of nitrogens with one attached hydrogen (secondary N) is 1. The number of ketones is 1.